The Kier molecular flexibility index (Phi) is 4.31. The Bertz CT molecular complexity index is 564. The molecule has 1 N–H and O–H groups in total. The molecule has 2 atom stereocenters. The first-order valence-corrected chi connectivity index (χ1v) is 7.92. The van der Waals surface area contributed by atoms with Crippen molar-refractivity contribution >= 4 is 10.9 Å². The normalized spacial score (nSPS) is 23.1. The van der Waals surface area contributed by atoms with E-state index in [1.165, 1.54) is 43.1 Å². The molecule has 1 heterocycles. The predicted octanol–water partition coefficient (Wildman–Crippen LogP) is 4.29. The Balaban J connectivity index is 1.61. The molecule has 0 spiro atoms. The molecule has 2 nitrogen and oxygen atoms in total. The zero-order valence-electron chi connectivity index (χ0n) is 12.3. The van der Waals surface area contributed by atoms with Crippen molar-refractivity contribution in [2.45, 2.75) is 51.6 Å². The number of nitrogens with zero attached hydrogens (tertiary/aromatic N) is 1. The zero-order valence-corrected chi connectivity index (χ0v) is 12.3. The molecule has 106 valence electrons. The molecular weight excluding hydrogens is 244 g/mol. The summed E-state index contributed by atoms with van der Waals surface area (Å²) in [5, 5.41) is 4.98. The Morgan fingerprint density at radius 3 is 3.10 bits per heavy atom. The van der Waals surface area contributed by atoms with Crippen LogP contribution < -0.4 is 5.32 Å². The molecule has 1 aliphatic rings. The van der Waals surface area contributed by atoms with Crippen molar-refractivity contribution in [2.75, 3.05) is 0 Å². The minimum Gasteiger partial charge on any atom is -0.310 e. The number of benzene rings is 1. The molecule has 1 saturated carbocycles. The van der Waals surface area contributed by atoms with Crippen molar-refractivity contribution in [3.05, 3.63) is 42.1 Å². The number of aromatic nitrogens is 1. The van der Waals surface area contributed by atoms with Gasteiger partial charge in [-0.25, -0.2) is 0 Å². The van der Waals surface area contributed by atoms with Gasteiger partial charge in [0.2, 0.25) is 0 Å². The summed E-state index contributed by atoms with van der Waals surface area (Å²) in [7, 11) is 0. The second-order valence-electron chi connectivity index (χ2n) is 6.05. The Morgan fingerprint density at radius 1 is 1.25 bits per heavy atom. The molecule has 3 rings (SSSR count). The summed E-state index contributed by atoms with van der Waals surface area (Å²) in [6.45, 7) is 3.30. The van der Waals surface area contributed by atoms with E-state index in [0.29, 0.717) is 6.04 Å². The van der Waals surface area contributed by atoms with E-state index >= 15 is 0 Å². The van der Waals surface area contributed by atoms with Crippen LogP contribution in [0, 0.1) is 5.92 Å². The van der Waals surface area contributed by atoms with Crippen LogP contribution in [0.5, 0.6) is 0 Å². The first kappa shape index (κ1) is 13.6. The maximum absolute atomic E-state index is 4.37. The van der Waals surface area contributed by atoms with E-state index in [4.69, 9.17) is 0 Å². The minimum atomic E-state index is 0.707. The van der Waals surface area contributed by atoms with E-state index in [0.717, 1.165) is 18.0 Å². The lowest BCUT2D eigenvalue weighted by Gasteiger charge is -2.29. The fourth-order valence-corrected chi connectivity index (χ4v) is 3.34. The lowest BCUT2D eigenvalue weighted by molar-refractivity contribution is 0.278. The predicted molar refractivity (Wildman–Crippen MR) is 84.6 cm³/mol. The lowest BCUT2D eigenvalue weighted by Crippen LogP contribution is -2.33. The molecule has 1 aromatic carbocycles. The van der Waals surface area contributed by atoms with Crippen molar-refractivity contribution in [3.63, 3.8) is 0 Å². The van der Waals surface area contributed by atoms with Crippen molar-refractivity contribution in [3.8, 4) is 0 Å². The number of pyridine rings is 1. The maximum atomic E-state index is 4.37. The molecule has 0 aliphatic heterocycles. The summed E-state index contributed by atoms with van der Waals surface area (Å²) in [6.07, 6.45) is 8.69. The molecule has 1 fully saturated rings. The van der Waals surface area contributed by atoms with Gasteiger partial charge < -0.3 is 5.32 Å². The fraction of sp³-hybridized carbons (Fsp3) is 0.500. The number of nitrogens with one attached hydrogen (secondary N) is 1. The van der Waals surface area contributed by atoms with Gasteiger partial charge in [0.1, 0.15) is 0 Å². The van der Waals surface area contributed by atoms with Crippen LogP contribution in [0.2, 0.25) is 0 Å². The van der Waals surface area contributed by atoms with Gasteiger partial charge in [0.15, 0.2) is 0 Å². The highest BCUT2D eigenvalue weighted by Gasteiger charge is 2.19. The number of fused-ring (bicyclic) bond motifs is 1. The van der Waals surface area contributed by atoms with Gasteiger partial charge in [-0.2, -0.15) is 0 Å². The second-order valence-corrected chi connectivity index (χ2v) is 6.05. The van der Waals surface area contributed by atoms with E-state index in [1.54, 1.807) is 0 Å². The standard InChI is InChI=1S/C18H24N2/c1-2-14-5-3-7-17(12-14)20-13-15-8-9-18-16(11-15)6-4-10-19-18/h4,6,8-11,14,17,20H,2-3,5,7,12-13H2,1H3. The van der Waals surface area contributed by atoms with Gasteiger partial charge in [0.05, 0.1) is 5.52 Å². The average molecular weight is 268 g/mol. The van der Waals surface area contributed by atoms with Gasteiger partial charge in [0.25, 0.3) is 0 Å². The van der Waals surface area contributed by atoms with Crippen molar-refractivity contribution in [1.82, 2.24) is 10.3 Å². The van der Waals surface area contributed by atoms with Crippen LogP contribution in [0.25, 0.3) is 10.9 Å². The van der Waals surface area contributed by atoms with E-state index in [-0.39, 0.29) is 0 Å². The van der Waals surface area contributed by atoms with Crippen LogP contribution in [0.3, 0.4) is 0 Å². The average Bonchev–Trinajstić information content (AvgIpc) is 2.53. The van der Waals surface area contributed by atoms with Gasteiger partial charge in [-0.05, 0) is 42.5 Å². The van der Waals surface area contributed by atoms with Gasteiger partial charge in [0, 0.05) is 24.2 Å². The molecule has 0 bridgehead atoms. The van der Waals surface area contributed by atoms with Crippen LogP contribution in [0.1, 0.15) is 44.6 Å². The topological polar surface area (TPSA) is 24.9 Å². The highest BCUT2D eigenvalue weighted by molar-refractivity contribution is 5.78. The second kappa shape index (κ2) is 6.36. The number of rotatable bonds is 4. The first-order chi connectivity index (χ1) is 9.85. The third kappa shape index (κ3) is 3.18. The van der Waals surface area contributed by atoms with Crippen molar-refractivity contribution in [1.29, 1.82) is 0 Å². The molecule has 2 unspecified atom stereocenters. The molecule has 2 aromatic rings. The molecular formula is C18H24N2. The summed E-state index contributed by atoms with van der Waals surface area (Å²) in [5.74, 6) is 0.932. The Labute approximate surface area is 121 Å². The molecule has 0 saturated heterocycles. The highest BCUT2D eigenvalue weighted by Crippen LogP contribution is 2.26. The smallest absolute Gasteiger partial charge is 0.0702 e. The van der Waals surface area contributed by atoms with Crippen LogP contribution >= 0.6 is 0 Å². The molecule has 0 radical (unpaired) electrons. The summed E-state index contributed by atoms with van der Waals surface area (Å²) in [6, 6.07) is 11.4. The first-order valence-electron chi connectivity index (χ1n) is 7.92. The van der Waals surface area contributed by atoms with Crippen LogP contribution in [0.15, 0.2) is 36.5 Å². The van der Waals surface area contributed by atoms with Gasteiger partial charge in [-0.1, -0.05) is 38.3 Å². The third-order valence-electron chi connectivity index (χ3n) is 4.62. The largest absolute Gasteiger partial charge is 0.310 e. The molecule has 1 aliphatic carbocycles. The third-order valence-corrected chi connectivity index (χ3v) is 4.62. The van der Waals surface area contributed by atoms with Crippen LogP contribution in [0.4, 0.5) is 0 Å². The molecule has 20 heavy (non-hydrogen) atoms. The summed E-state index contributed by atoms with van der Waals surface area (Å²) in [4.78, 5) is 4.37. The number of hydrogen-bond donors (Lipinski definition) is 1. The molecule has 2 heteroatoms. The summed E-state index contributed by atoms with van der Waals surface area (Å²) >= 11 is 0. The van der Waals surface area contributed by atoms with Gasteiger partial charge >= 0.3 is 0 Å². The molecule has 0 amide bonds. The van der Waals surface area contributed by atoms with Gasteiger partial charge in [-0.15, -0.1) is 0 Å². The lowest BCUT2D eigenvalue weighted by atomic mass is 9.84. The maximum Gasteiger partial charge on any atom is 0.0702 e. The van der Waals surface area contributed by atoms with E-state index in [2.05, 4.69) is 41.5 Å². The van der Waals surface area contributed by atoms with Crippen molar-refractivity contribution in [2.24, 2.45) is 5.92 Å². The highest BCUT2D eigenvalue weighted by atomic mass is 14.9. The van der Waals surface area contributed by atoms with E-state index < -0.39 is 0 Å². The summed E-state index contributed by atoms with van der Waals surface area (Å²) in [5.41, 5.74) is 2.45. The zero-order chi connectivity index (χ0) is 13.8. The van der Waals surface area contributed by atoms with Gasteiger partial charge in [-0.3, -0.25) is 4.98 Å². The quantitative estimate of drug-likeness (QED) is 0.894. The minimum absolute atomic E-state index is 0.707. The van der Waals surface area contributed by atoms with Crippen LogP contribution in [-0.4, -0.2) is 11.0 Å². The number of hydrogen-bond acceptors (Lipinski definition) is 2. The SMILES string of the molecule is CCC1CCCC(NCc2ccc3ncccc3c2)C1. The summed E-state index contributed by atoms with van der Waals surface area (Å²) < 4.78 is 0. The van der Waals surface area contributed by atoms with Crippen LogP contribution in [-0.2, 0) is 6.54 Å². The monoisotopic (exact) mass is 268 g/mol. The molecule has 1 aromatic heterocycles. The Hall–Kier alpha value is -1.41. The van der Waals surface area contributed by atoms with Crippen molar-refractivity contribution < 1.29 is 0 Å². The van der Waals surface area contributed by atoms with E-state index in [1.807, 2.05) is 12.3 Å². The Morgan fingerprint density at radius 2 is 2.20 bits per heavy atom. The van der Waals surface area contributed by atoms with E-state index in [9.17, 15) is 0 Å². The fourth-order valence-electron chi connectivity index (χ4n) is 3.34.